The van der Waals surface area contributed by atoms with Crippen molar-refractivity contribution in [3.63, 3.8) is 0 Å². The Kier molecular flexibility index (Phi) is 3.28. The monoisotopic (exact) mass is 263 g/mol. The van der Waals surface area contributed by atoms with Crippen LogP contribution in [-0.2, 0) is 14.3 Å². The van der Waals surface area contributed by atoms with Gasteiger partial charge < -0.3 is 9.47 Å². The zero-order valence-corrected chi connectivity index (χ0v) is 9.86. The lowest BCUT2D eigenvalue weighted by Crippen LogP contribution is -2.17. The lowest BCUT2D eigenvalue weighted by molar-refractivity contribution is -0.384. The molecule has 1 aromatic carbocycles. The Morgan fingerprint density at radius 1 is 1.37 bits per heavy atom. The van der Waals surface area contributed by atoms with E-state index in [0.29, 0.717) is 5.57 Å². The average molecular weight is 263 g/mol. The molecule has 0 fully saturated rings. The van der Waals surface area contributed by atoms with Gasteiger partial charge in [-0.05, 0) is 19.1 Å². The van der Waals surface area contributed by atoms with E-state index >= 15 is 0 Å². The molecule has 0 radical (unpaired) electrons. The molecule has 1 aliphatic heterocycles. The predicted octanol–water partition coefficient (Wildman–Crippen LogP) is 1.58. The number of nitro groups is 1. The molecule has 98 valence electrons. The fourth-order valence-corrected chi connectivity index (χ4v) is 1.46. The molecule has 0 aliphatic carbocycles. The fraction of sp³-hybridized carbons (Fsp3) is 0.167. The van der Waals surface area contributed by atoms with Gasteiger partial charge in [-0.2, -0.15) is 0 Å². The minimum Gasteiger partial charge on any atom is -0.418 e. The highest BCUT2D eigenvalue weighted by Gasteiger charge is 2.25. The van der Waals surface area contributed by atoms with Gasteiger partial charge in [0.15, 0.2) is 0 Å². The Balaban J connectivity index is 2.05. The van der Waals surface area contributed by atoms with E-state index in [9.17, 15) is 19.7 Å². The van der Waals surface area contributed by atoms with Crippen LogP contribution >= 0.6 is 0 Å². The number of non-ortho nitro benzene ring substituents is 1. The van der Waals surface area contributed by atoms with E-state index < -0.39 is 23.2 Å². The first kappa shape index (κ1) is 12.7. The molecule has 0 saturated carbocycles. The second-order valence-corrected chi connectivity index (χ2v) is 3.83. The minimum atomic E-state index is -1.05. The first-order valence-electron chi connectivity index (χ1n) is 5.32. The number of carbonyl (C=O) groups excluding carboxylic acids is 2. The van der Waals surface area contributed by atoms with Crippen LogP contribution in [-0.4, -0.2) is 23.2 Å². The SMILES string of the molecule is CC1=CC(OC(=O)c2ccc([N+](=O)[O-])cc2)OC1=O. The van der Waals surface area contributed by atoms with E-state index in [1.807, 2.05) is 0 Å². The molecule has 0 amide bonds. The number of benzene rings is 1. The quantitative estimate of drug-likeness (QED) is 0.466. The van der Waals surface area contributed by atoms with Gasteiger partial charge in [-0.3, -0.25) is 10.1 Å². The molecule has 19 heavy (non-hydrogen) atoms. The Hall–Kier alpha value is -2.70. The predicted molar refractivity (Wildman–Crippen MR) is 62.1 cm³/mol. The molecule has 1 heterocycles. The molecule has 2 rings (SSSR count). The van der Waals surface area contributed by atoms with Crippen molar-refractivity contribution in [3.05, 3.63) is 51.6 Å². The fourth-order valence-electron chi connectivity index (χ4n) is 1.46. The summed E-state index contributed by atoms with van der Waals surface area (Å²) in [7, 11) is 0. The maximum absolute atomic E-state index is 11.7. The van der Waals surface area contributed by atoms with Crippen molar-refractivity contribution in [2.45, 2.75) is 13.2 Å². The molecule has 0 aromatic heterocycles. The molecule has 1 atom stereocenters. The smallest absolute Gasteiger partial charge is 0.341 e. The third kappa shape index (κ3) is 2.76. The summed E-state index contributed by atoms with van der Waals surface area (Å²) in [6.45, 7) is 1.54. The molecule has 0 spiro atoms. The van der Waals surface area contributed by atoms with Crippen molar-refractivity contribution in [1.29, 1.82) is 0 Å². The molecular weight excluding hydrogens is 254 g/mol. The van der Waals surface area contributed by atoms with E-state index in [0.717, 1.165) is 0 Å². The van der Waals surface area contributed by atoms with Gasteiger partial charge >= 0.3 is 11.9 Å². The molecule has 1 aromatic rings. The average Bonchev–Trinajstić information content (AvgIpc) is 2.68. The summed E-state index contributed by atoms with van der Waals surface area (Å²) >= 11 is 0. The number of esters is 2. The number of nitro benzene ring substituents is 1. The third-order valence-corrected chi connectivity index (χ3v) is 2.47. The largest absolute Gasteiger partial charge is 0.418 e. The van der Waals surface area contributed by atoms with Gasteiger partial charge in [0.05, 0.1) is 10.5 Å². The molecular formula is C12H9NO6. The Labute approximate surface area is 107 Å². The lowest BCUT2D eigenvalue weighted by Gasteiger charge is -2.09. The van der Waals surface area contributed by atoms with Crippen LogP contribution in [0.2, 0.25) is 0 Å². The highest BCUT2D eigenvalue weighted by atomic mass is 16.7. The topological polar surface area (TPSA) is 95.7 Å². The van der Waals surface area contributed by atoms with Crippen LogP contribution in [0, 0.1) is 10.1 Å². The zero-order valence-electron chi connectivity index (χ0n) is 9.86. The van der Waals surface area contributed by atoms with Crippen LogP contribution < -0.4 is 0 Å². The van der Waals surface area contributed by atoms with Crippen molar-refractivity contribution in [1.82, 2.24) is 0 Å². The maximum atomic E-state index is 11.7. The van der Waals surface area contributed by atoms with Gasteiger partial charge in [0, 0.05) is 23.8 Å². The zero-order chi connectivity index (χ0) is 14.0. The van der Waals surface area contributed by atoms with Crippen molar-refractivity contribution in [2.24, 2.45) is 0 Å². The van der Waals surface area contributed by atoms with Crippen LogP contribution in [0.25, 0.3) is 0 Å². The summed E-state index contributed by atoms with van der Waals surface area (Å²) in [5.41, 5.74) is 0.376. The summed E-state index contributed by atoms with van der Waals surface area (Å²) in [5, 5.41) is 10.5. The molecule has 0 bridgehead atoms. The number of rotatable bonds is 3. The molecule has 7 nitrogen and oxygen atoms in total. The summed E-state index contributed by atoms with van der Waals surface area (Å²) in [4.78, 5) is 32.6. The Morgan fingerprint density at radius 2 is 2.00 bits per heavy atom. The summed E-state index contributed by atoms with van der Waals surface area (Å²) in [5.74, 6) is -1.26. The van der Waals surface area contributed by atoms with E-state index in [-0.39, 0.29) is 11.3 Å². The number of carbonyl (C=O) groups is 2. The summed E-state index contributed by atoms with van der Waals surface area (Å²) in [6.07, 6.45) is 0.334. The normalized spacial score (nSPS) is 17.6. The molecule has 7 heteroatoms. The van der Waals surface area contributed by atoms with Crippen LogP contribution in [0.15, 0.2) is 35.9 Å². The Morgan fingerprint density at radius 3 is 2.47 bits per heavy atom. The lowest BCUT2D eigenvalue weighted by atomic mass is 10.2. The van der Waals surface area contributed by atoms with Crippen LogP contribution in [0.3, 0.4) is 0 Å². The number of cyclic esters (lactones) is 1. The van der Waals surface area contributed by atoms with Gasteiger partial charge in [-0.25, -0.2) is 9.59 Å². The number of ether oxygens (including phenoxy) is 2. The second-order valence-electron chi connectivity index (χ2n) is 3.83. The van der Waals surface area contributed by atoms with Crippen molar-refractivity contribution >= 4 is 17.6 Å². The van der Waals surface area contributed by atoms with E-state index in [1.165, 1.54) is 30.3 Å². The molecule has 1 aliphatic rings. The molecule has 0 N–H and O–H groups in total. The van der Waals surface area contributed by atoms with Crippen molar-refractivity contribution in [2.75, 3.05) is 0 Å². The minimum absolute atomic E-state index is 0.125. The standard InChI is InChI=1S/C12H9NO6/c1-7-6-10(18-11(7)14)19-12(15)8-2-4-9(5-3-8)13(16)17/h2-6,10H,1H3. The van der Waals surface area contributed by atoms with Gasteiger partial charge in [0.2, 0.25) is 0 Å². The van der Waals surface area contributed by atoms with E-state index in [4.69, 9.17) is 9.47 Å². The van der Waals surface area contributed by atoms with Crippen LogP contribution in [0.1, 0.15) is 17.3 Å². The highest BCUT2D eigenvalue weighted by Crippen LogP contribution is 2.17. The molecule has 0 saturated heterocycles. The number of nitrogens with zero attached hydrogens (tertiary/aromatic N) is 1. The van der Waals surface area contributed by atoms with E-state index in [1.54, 1.807) is 6.92 Å². The summed E-state index contributed by atoms with van der Waals surface area (Å²) in [6, 6.07) is 4.93. The number of hydrogen-bond acceptors (Lipinski definition) is 6. The van der Waals surface area contributed by atoms with Gasteiger partial charge in [0.1, 0.15) is 0 Å². The van der Waals surface area contributed by atoms with Gasteiger partial charge in [-0.15, -0.1) is 0 Å². The van der Waals surface area contributed by atoms with Gasteiger partial charge in [0.25, 0.3) is 12.0 Å². The first-order valence-corrected chi connectivity index (χ1v) is 5.32. The maximum Gasteiger partial charge on any atom is 0.341 e. The van der Waals surface area contributed by atoms with Crippen LogP contribution in [0.5, 0.6) is 0 Å². The van der Waals surface area contributed by atoms with Crippen molar-refractivity contribution < 1.29 is 24.0 Å². The Bertz CT molecular complexity index is 574. The van der Waals surface area contributed by atoms with Crippen LogP contribution in [0.4, 0.5) is 5.69 Å². The highest BCUT2D eigenvalue weighted by molar-refractivity contribution is 5.92. The third-order valence-electron chi connectivity index (χ3n) is 2.47. The second kappa shape index (κ2) is 4.89. The van der Waals surface area contributed by atoms with Gasteiger partial charge in [-0.1, -0.05) is 0 Å². The van der Waals surface area contributed by atoms with Crippen molar-refractivity contribution in [3.8, 4) is 0 Å². The molecule has 1 unspecified atom stereocenters. The van der Waals surface area contributed by atoms with E-state index in [2.05, 4.69) is 0 Å². The number of hydrogen-bond donors (Lipinski definition) is 0. The summed E-state index contributed by atoms with van der Waals surface area (Å²) < 4.78 is 9.66. The first-order chi connectivity index (χ1) is 8.97.